The van der Waals surface area contributed by atoms with E-state index in [0.717, 1.165) is 5.56 Å². The van der Waals surface area contributed by atoms with Crippen molar-refractivity contribution in [3.8, 4) is 11.5 Å². The number of hydrogen-bond acceptors (Lipinski definition) is 3. The number of phenolic OH excluding ortho intramolecular Hbond substituents is 2. The van der Waals surface area contributed by atoms with Crippen molar-refractivity contribution >= 4 is 11.6 Å². The monoisotopic (exact) mass is 271 g/mol. The van der Waals surface area contributed by atoms with Gasteiger partial charge in [0, 0.05) is 18.2 Å². The van der Waals surface area contributed by atoms with Crippen LogP contribution >= 0.6 is 0 Å². The van der Waals surface area contributed by atoms with E-state index in [2.05, 4.69) is 0 Å². The molecule has 104 valence electrons. The van der Waals surface area contributed by atoms with E-state index >= 15 is 0 Å². The summed E-state index contributed by atoms with van der Waals surface area (Å²) < 4.78 is 0. The zero-order valence-electron chi connectivity index (χ0n) is 11.5. The van der Waals surface area contributed by atoms with Crippen molar-refractivity contribution in [1.82, 2.24) is 0 Å². The third-order valence-electron chi connectivity index (χ3n) is 3.16. The molecule has 2 rings (SSSR count). The fraction of sp³-hybridized carbons (Fsp3) is 0.188. The van der Waals surface area contributed by atoms with Crippen molar-refractivity contribution in [3.05, 3.63) is 53.6 Å². The average Bonchev–Trinajstić information content (AvgIpc) is 2.44. The highest BCUT2D eigenvalue weighted by Gasteiger charge is 2.18. The van der Waals surface area contributed by atoms with Gasteiger partial charge in [0.25, 0.3) is 5.91 Å². The molecule has 0 saturated carbocycles. The number of carbonyl (C=O) groups is 1. The molecule has 2 aromatic carbocycles. The minimum Gasteiger partial charge on any atom is -0.508 e. The first kappa shape index (κ1) is 13.9. The number of rotatable bonds is 3. The molecule has 1 amide bonds. The predicted octanol–water partition coefficient (Wildman–Crippen LogP) is 3.07. The topological polar surface area (TPSA) is 60.8 Å². The summed E-state index contributed by atoms with van der Waals surface area (Å²) in [5.41, 5.74) is 2.09. The van der Waals surface area contributed by atoms with Crippen molar-refractivity contribution in [3.63, 3.8) is 0 Å². The molecule has 2 aromatic rings. The summed E-state index contributed by atoms with van der Waals surface area (Å²) >= 11 is 0. The molecule has 0 radical (unpaired) electrons. The molecule has 0 atom stereocenters. The van der Waals surface area contributed by atoms with E-state index in [0.29, 0.717) is 17.8 Å². The highest BCUT2D eigenvalue weighted by Crippen LogP contribution is 2.26. The summed E-state index contributed by atoms with van der Waals surface area (Å²) in [4.78, 5) is 14.1. The highest BCUT2D eigenvalue weighted by molar-refractivity contribution is 6.06. The van der Waals surface area contributed by atoms with Gasteiger partial charge < -0.3 is 15.1 Å². The summed E-state index contributed by atoms with van der Waals surface area (Å²) in [7, 11) is 0. The van der Waals surface area contributed by atoms with Crippen LogP contribution in [-0.2, 0) is 0 Å². The molecule has 0 aliphatic rings. The first-order chi connectivity index (χ1) is 9.52. The Morgan fingerprint density at radius 3 is 2.25 bits per heavy atom. The van der Waals surface area contributed by atoms with Crippen LogP contribution in [0.4, 0.5) is 5.69 Å². The van der Waals surface area contributed by atoms with Crippen LogP contribution in [0.1, 0.15) is 22.8 Å². The number of phenols is 2. The maximum absolute atomic E-state index is 12.5. The summed E-state index contributed by atoms with van der Waals surface area (Å²) in [6.07, 6.45) is 0. The summed E-state index contributed by atoms with van der Waals surface area (Å²) in [6, 6.07) is 11.1. The van der Waals surface area contributed by atoms with Gasteiger partial charge in [0.1, 0.15) is 11.5 Å². The largest absolute Gasteiger partial charge is 0.508 e. The second kappa shape index (κ2) is 5.65. The normalized spacial score (nSPS) is 10.3. The van der Waals surface area contributed by atoms with E-state index in [1.165, 1.54) is 12.1 Å². The van der Waals surface area contributed by atoms with Crippen LogP contribution in [0.3, 0.4) is 0 Å². The third kappa shape index (κ3) is 2.74. The first-order valence-electron chi connectivity index (χ1n) is 6.43. The van der Waals surface area contributed by atoms with Crippen molar-refractivity contribution in [2.75, 3.05) is 11.4 Å². The van der Waals surface area contributed by atoms with Crippen LogP contribution in [0, 0.1) is 6.92 Å². The minimum absolute atomic E-state index is 0.123. The van der Waals surface area contributed by atoms with Crippen LogP contribution in [0.2, 0.25) is 0 Å². The second-order valence-electron chi connectivity index (χ2n) is 4.57. The molecule has 20 heavy (non-hydrogen) atoms. The molecule has 0 bridgehead atoms. The van der Waals surface area contributed by atoms with Crippen molar-refractivity contribution in [2.24, 2.45) is 0 Å². The van der Waals surface area contributed by atoms with Gasteiger partial charge in [-0.3, -0.25) is 4.79 Å². The van der Waals surface area contributed by atoms with E-state index in [4.69, 9.17) is 0 Å². The summed E-state index contributed by atoms with van der Waals surface area (Å²) in [5.74, 6) is 0.0851. The molecule has 0 aliphatic heterocycles. The molecule has 4 nitrogen and oxygen atoms in total. The van der Waals surface area contributed by atoms with Crippen LogP contribution in [0.15, 0.2) is 42.5 Å². The van der Waals surface area contributed by atoms with E-state index < -0.39 is 0 Å². The molecular weight excluding hydrogens is 254 g/mol. The Morgan fingerprint density at radius 1 is 1.05 bits per heavy atom. The lowest BCUT2D eigenvalue weighted by molar-refractivity contribution is 0.0988. The first-order valence-corrected chi connectivity index (χ1v) is 6.43. The molecule has 0 spiro atoms. The lowest BCUT2D eigenvalue weighted by atomic mass is 10.1. The van der Waals surface area contributed by atoms with E-state index in [1.54, 1.807) is 35.2 Å². The Hall–Kier alpha value is -2.49. The fourth-order valence-corrected chi connectivity index (χ4v) is 2.07. The van der Waals surface area contributed by atoms with Crippen LogP contribution in [-0.4, -0.2) is 22.7 Å². The Bertz CT molecular complexity index is 620. The number of nitrogens with zero attached hydrogens (tertiary/aromatic N) is 1. The van der Waals surface area contributed by atoms with Gasteiger partial charge in [-0.2, -0.15) is 0 Å². The number of amides is 1. The van der Waals surface area contributed by atoms with Crippen molar-refractivity contribution in [2.45, 2.75) is 13.8 Å². The Balaban J connectivity index is 2.39. The van der Waals surface area contributed by atoms with E-state index in [-0.39, 0.29) is 17.4 Å². The number of hydrogen-bond donors (Lipinski definition) is 2. The molecular formula is C16H17NO3. The maximum atomic E-state index is 12.5. The van der Waals surface area contributed by atoms with Crippen LogP contribution in [0.5, 0.6) is 11.5 Å². The molecule has 0 aliphatic carbocycles. The second-order valence-corrected chi connectivity index (χ2v) is 4.57. The van der Waals surface area contributed by atoms with Gasteiger partial charge in [0.2, 0.25) is 0 Å². The number of benzene rings is 2. The fourth-order valence-electron chi connectivity index (χ4n) is 2.07. The zero-order valence-corrected chi connectivity index (χ0v) is 11.5. The summed E-state index contributed by atoms with van der Waals surface area (Å²) in [6.45, 7) is 4.26. The van der Waals surface area contributed by atoms with Gasteiger partial charge in [-0.05, 0) is 49.7 Å². The zero-order chi connectivity index (χ0) is 14.7. The van der Waals surface area contributed by atoms with Crippen LogP contribution < -0.4 is 4.90 Å². The van der Waals surface area contributed by atoms with Crippen molar-refractivity contribution < 1.29 is 15.0 Å². The molecule has 2 N–H and O–H groups in total. The molecule has 0 heterocycles. The number of aryl methyl sites for hydroxylation is 1. The highest BCUT2D eigenvalue weighted by atomic mass is 16.3. The van der Waals surface area contributed by atoms with E-state index in [9.17, 15) is 15.0 Å². The molecule has 0 unspecified atom stereocenters. The van der Waals surface area contributed by atoms with Gasteiger partial charge in [0.15, 0.2) is 0 Å². The predicted molar refractivity (Wildman–Crippen MR) is 78.3 cm³/mol. The van der Waals surface area contributed by atoms with Gasteiger partial charge >= 0.3 is 0 Å². The minimum atomic E-state index is -0.166. The molecule has 0 fully saturated rings. The SMILES string of the molecule is CCN(C(=O)c1ccc(O)cc1)c1cc(O)ccc1C. The third-order valence-corrected chi connectivity index (χ3v) is 3.16. The molecule has 0 saturated heterocycles. The Kier molecular flexibility index (Phi) is 3.94. The summed E-state index contributed by atoms with van der Waals surface area (Å²) in [5, 5.41) is 18.9. The lowest BCUT2D eigenvalue weighted by Crippen LogP contribution is -2.31. The van der Waals surface area contributed by atoms with Crippen LogP contribution in [0.25, 0.3) is 0 Å². The number of anilines is 1. The molecule has 4 heteroatoms. The standard InChI is InChI=1S/C16H17NO3/c1-3-17(15-10-14(19)7-4-11(15)2)16(20)12-5-8-13(18)9-6-12/h4-10,18-19H,3H2,1-2H3. The average molecular weight is 271 g/mol. The van der Waals surface area contributed by atoms with Gasteiger partial charge in [-0.25, -0.2) is 0 Å². The Labute approximate surface area is 117 Å². The Morgan fingerprint density at radius 2 is 1.65 bits per heavy atom. The number of aromatic hydroxyl groups is 2. The van der Waals surface area contributed by atoms with Gasteiger partial charge in [-0.15, -0.1) is 0 Å². The smallest absolute Gasteiger partial charge is 0.258 e. The molecule has 0 aromatic heterocycles. The number of carbonyl (C=O) groups excluding carboxylic acids is 1. The van der Waals surface area contributed by atoms with E-state index in [1.807, 2.05) is 13.8 Å². The van der Waals surface area contributed by atoms with Gasteiger partial charge in [-0.1, -0.05) is 6.07 Å². The quantitative estimate of drug-likeness (QED) is 0.901. The maximum Gasteiger partial charge on any atom is 0.258 e. The lowest BCUT2D eigenvalue weighted by Gasteiger charge is -2.23. The van der Waals surface area contributed by atoms with Gasteiger partial charge in [0.05, 0.1) is 5.69 Å². The van der Waals surface area contributed by atoms with Crippen molar-refractivity contribution in [1.29, 1.82) is 0 Å².